The van der Waals surface area contributed by atoms with Gasteiger partial charge in [0.2, 0.25) is 5.76 Å². The first-order valence-corrected chi connectivity index (χ1v) is 7.11. The molecule has 0 aliphatic carbocycles. The minimum Gasteiger partial charge on any atom is -0.455 e. The molecule has 1 unspecified atom stereocenters. The van der Waals surface area contributed by atoms with Crippen LogP contribution in [0, 0.1) is 0 Å². The number of hydrogen-bond donors (Lipinski definition) is 0. The van der Waals surface area contributed by atoms with Crippen molar-refractivity contribution >= 4 is 15.9 Å². The van der Waals surface area contributed by atoms with Crippen LogP contribution < -0.4 is 0 Å². The lowest BCUT2D eigenvalue weighted by Crippen LogP contribution is -2.22. The Morgan fingerprint density at radius 3 is 2.74 bits per heavy atom. The summed E-state index contributed by atoms with van der Waals surface area (Å²) in [5, 5.41) is 0.232. The van der Waals surface area contributed by atoms with Crippen LogP contribution in [0.25, 0.3) is 0 Å². The molecule has 0 spiro atoms. The Morgan fingerprint density at radius 2 is 2.16 bits per heavy atom. The second-order valence-corrected chi connectivity index (χ2v) is 4.87. The van der Waals surface area contributed by atoms with Crippen molar-refractivity contribution in [3.05, 3.63) is 23.2 Å². The average Bonchev–Trinajstić information content (AvgIpc) is 2.81. The lowest BCUT2D eigenvalue weighted by atomic mass is 10.2. The number of ether oxygens (including phenoxy) is 2. The summed E-state index contributed by atoms with van der Waals surface area (Å²) in [4.78, 5) is 0. The lowest BCUT2D eigenvalue weighted by Gasteiger charge is -2.22. The van der Waals surface area contributed by atoms with Crippen LogP contribution in [0.4, 0.5) is 13.2 Å². The second kappa shape index (κ2) is 6.28. The van der Waals surface area contributed by atoms with E-state index in [4.69, 9.17) is 13.9 Å². The van der Waals surface area contributed by atoms with Crippen molar-refractivity contribution < 1.29 is 27.1 Å². The van der Waals surface area contributed by atoms with E-state index < -0.39 is 18.2 Å². The maximum atomic E-state index is 12.8. The van der Waals surface area contributed by atoms with E-state index in [-0.39, 0.29) is 23.3 Å². The molecule has 1 saturated heterocycles. The predicted octanol–water partition coefficient (Wildman–Crippen LogP) is 4.24. The first kappa shape index (κ1) is 14.9. The third-order valence-corrected chi connectivity index (χ3v) is 3.36. The van der Waals surface area contributed by atoms with Crippen LogP contribution in [0.2, 0.25) is 0 Å². The smallest absolute Gasteiger partial charge is 0.449 e. The van der Waals surface area contributed by atoms with Gasteiger partial charge in [-0.1, -0.05) is 15.9 Å². The van der Waals surface area contributed by atoms with Gasteiger partial charge in [0, 0.05) is 12.2 Å². The Hall–Kier alpha value is -0.530. The SMILES string of the molecule is FC(F)(F)c1oc(CBr)cc1COC1CCCCO1. The third-order valence-electron chi connectivity index (χ3n) is 2.81. The molecule has 0 bridgehead atoms. The van der Waals surface area contributed by atoms with Crippen LogP contribution in [0.5, 0.6) is 0 Å². The Bertz CT molecular complexity index is 411. The summed E-state index contributed by atoms with van der Waals surface area (Å²) in [6.07, 6.45) is -2.28. The molecule has 1 aliphatic heterocycles. The minimum atomic E-state index is -4.51. The number of halogens is 4. The zero-order chi connectivity index (χ0) is 13.9. The Labute approximate surface area is 117 Å². The summed E-state index contributed by atoms with van der Waals surface area (Å²) in [5.74, 6) is -0.756. The van der Waals surface area contributed by atoms with E-state index in [0.717, 1.165) is 12.8 Å². The maximum absolute atomic E-state index is 12.8. The molecule has 0 saturated carbocycles. The summed E-state index contributed by atoms with van der Waals surface area (Å²) in [6, 6.07) is 1.36. The molecular formula is C12H14BrF3O3. The Morgan fingerprint density at radius 1 is 1.37 bits per heavy atom. The molecule has 0 N–H and O–H groups in total. The van der Waals surface area contributed by atoms with E-state index in [0.29, 0.717) is 13.0 Å². The first-order chi connectivity index (χ1) is 9.00. The summed E-state index contributed by atoms with van der Waals surface area (Å²) in [5.41, 5.74) is 0.0103. The molecule has 1 aliphatic rings. The molecular weight excluding hydrogens is 329 g/mol. The zero-order valence-electron chi connectivity index (χ0n) is 10.1. The molecule has 1 fully saturated rings. The quantitative estimate of drug-likeness (QED) is 0.767. The highest BCUT2D eigenvalue weighted by molar-refractivity contribution is 9.08. The summed E-state index contributed by atoms with van der Waals surface area (Å²) < 4.78 is 53.8. The highest BCUT2D eigenvalue weighted by Gasteiger charge is 2.38. The Balaban J connectivity index is 2.03. The van der Waals surface area contributed by atoms with Crippen molar-refractivity contribution in [1.82, 2.24) is 0 Å². The van der Waals surface area contributed by atoms with Gasteiger partial charge in [-0.15, -0.1) is 0 Å². The maximum Gasteiger partial charge on any atom is 0.449 e. The highest BCUT2D eigenvalue weighted by atomic mass is 79.9. The fourth-order valence-corrected chi connectivity index (χ4v) is 2.20. The number of alkyl halides is 4. The molecule has 2 rings (SSSR count). The van der Waals surface area contributed by atoms with Crippen molar-refractivity contribution in [2.24, 2.45) is 0 Å². The zero-order valence-corrected chi connectivity index (χ0v) is 11.7. The minimum absolute atomic E-state index is 0.0103. The van der Waals surface area contributed by atoms with Gasteiger partial charge in [0.25, 0.3) is 0 Å². The van der Waals surface area contributed by atoms with Gasteiger partial charge >= 0.3 is 6.18 Å². The van der Waals surface area contributed by atoms with Crippen molar-refractivity contribution in [3.8, 4) is 0 Å². The van der Waals surface area contributed by atoms with E-state index in [1.165, 1.54) is 6.07 Å². The normalized spacial score (nSPS) is 20.7. The van der Waals surface area contributed by atoms with Crippen molar-refractivity contribution in [1.29, 1.82) is 0 Å². The first-order valence-electron chi connectivity index (χ1n) is 5.98. The largest absolute Gasteiger partial charge is 0.455 e. The van der Waals surface area contributed by atoms with Crippen LogP contribution in [0.1, 0.15) is 36.3 Å². The van der Waals surface area contributed by atoms with Gasteiger partial charge in [-0.3, -0.25) is 0 Å². The molecule has 1 aromatic rings. The number of hydrogen-bond acceptors (Lipinski definition) is 3. The van der Waals surface area contributed by atoms with E-state index in [1.807, 2.05) is 0 Å². The number of furan rings is 1. The van der Waals surface area contributed by atoms with Crippen molar-refractivity contribution in [2.75, 3.05) is 6.61 Å². The van der Waals surface area contributed by atoms with Crippen molar-refractivity contribution in [3.63, 3.8) is 0 Å². The van der Waals surface area contributed by atoms with Crippen LogP contribution in [0.3, 0.4) is 0 Å². The third kappa shape index (κ3) is 3.97. The van der Waals surface area contributed by atoms with E-state index in [2.05, 4.69) is 15.9 Å². The predicted molar refractivity (Wildman–Crippen MR) is 64.7 cm³/mol. The van der Waals surface area contributed by atoms with Gasteiger partial charge in [0.1, 0.15) is 5.76 Å². The van der Waals surface area contributed by atoms with Gasteiger partial charge in [-0.05, 0) is 25.3 Å². The molecule has 7 heteroatoms. The average molecular weight is 343 g/mol. The van der Waals surface area contributed by atoms with E-state index in [9.17, 15) is 13.2 Å². The molecule has 1 aromatic heterocycles. The molecule has 0 amide bonds. The lowest BCUT2D eigenvalue weighted by molar-refractivity contribution is -0.174. The molecule has 0 aromatic carbocycles. The van der Waals surface area contributed by atoms with Gasteiger partial charge in [-0.25, -0.2) is 0 Å². The molecule has 3 nitrogen and oxygen atoms in total. The van der Waals surface area contributed by atoms with Crippen LogP contribution in [0.15, 0.2) is 10.5 Å². The molecule has 0 radical (unpaired) electrons. The van der Waals surface area contributed by atoms with E-state index in [1.54, 1.807) is 0 Å². The van der Waals surface area contributed by atoms with Gasteiger partial charge in [0.05, 0.1) is 11.9 Å². The standard InChI is InChI=1S/C12H14BrF3O3/c13-6-9-5-8(11(19-9)12(14,15)16)7-18-10-3-1-2-4-17-10/h5,10H,1-4,6-7H2. The van der Waals surface area contributed by atoms with Crippen LogP contribution in [-0.4, -0.2) is 12.9 Å². The summed E-state index contributed by atoms with van der Waals surface area (Å²) in [6.45, 7) is 0.435. The topological polar surface area (TPSA) is 31.6 Å². The molecule has 1 atom stereocenters. The van der Waals surface area contributed by atoms with Crippen LogP contribution in [-0.2, 0) is 27.6 Å². The van der Waals surface area contributed by atoms with Gasteiger partial charge < -0.3 is 13.9 Å². The highest BCUT2D eigenvalue weighted by Crippen LogP contribution is 2.35. The monoisotopic (exact) mass is 342 g/mol. The van der Waals surface area contributed by atoms with Crippen molar-refractivity contribution in [2.45, 2.75) is 43.7 Å². The van der Waals surface area contributed by atoms with Crippen LogP contribution >= 0.6 is 15.9 Å². The van der Waals surface area contributed by atoms with Gasteiger partial charge in [0.15, 0.2) is 6.29 Å². The summed E-state index contributed by atoms with van der Waals surface area (Å²) in [7, 11) is 0. The fourth-order valence-electron chi connectivity index (χ4n) is 1.92. The fraction of sp³-hybridized carbons (Fsp3) is 0.667. The second-order valence-electron chi connectivity index (χ2n) is 4.31. The summed E-state index contributed by atoms with van der Waals surface area (Å²) >= 11 is 3.07. The molecule has 108 valence electrons. The van der Waals surface area contributed by atoms with Gasteiger partial charge in [-0.2, -0.15) is 13.2 Å². The number of rotatable bonds is 4. The molecule has 19 heavy (non-hydrogen) atoms. The molecule has 2 heterocycles. The van der Waals surface area contributed by atoms with E-state index >= 15 is 0 Å². The Kier molecular flexibility index (Phi) is 4.92.